The van der Waals surface area contributed by atoms with Crippen LogP contribution in [0.2, 0.25) is 0 Å². The largest absolute Gasteiger partial charge is 0.433 e. The second-order valence-electron chi connectivity index (χ2n) is 4.46. The van der Waals surface area contributed by atoms with E-state index in [4.69, 9.17) is 0 Å². The van der Waals surface area contributed by atoms with Gasteiger partial charge < -0.3 is 0 Å². The molecule has 0 atom stereocenters. The van der Waals surface area contributed by atoms with Crippen molar-refractivity contribution in [3.05, 3.63) is 42.5 Å². The highest BCUT2D eigenvalue weighted by Gasteiger charge is 2.32. The molecule has 0 aliphatic rings. The smallest absolute Gasteiger partial charge is 0.251 e. The van der Waals surface area contributed by atoms with E-state index in [1.807, 2.05) is 19.1 Å². The molecule has 0 unspecified atom stereocenters. The van der Waals surface area contributed by atoms with Gasteiger partial charge in [0.2, 0.25) is 0 Å². The van der Waals surface area contributed by atoms with Gasteiger partial charge in [0.25, 0.3) is 0 Å². The van der Waals surface area contributed by atoms with Gasteiger partial charge in [0, 0.05) is 24.0 Å². The van der Waals surface area contributed by atoms with Crippen LogP contribution >= 0.6 is 11.8 Å². The third-order valence-electron chi connectivity index (χ3n) is 2.95. The molecule has 3 aromatic heterocycles. The molecule has 0 aromatic carbocycles. The molecule has 0 aliphatic carbocycles. The summed E-state index contributed by atoms with van der Waals surface area (Å²) in [6.07, 6.45) is -0.0469. The lowest BCUT2D eigenvalue weighted by molar-refractivity contribution is -0.141. The van der Waals surface area contributed by atoms with Gasteiger partial charge in [-0.3, -0.25) is 4.98 Å². The second-order valence-corrected chi connectivity index (χ2v) is 5.76. The van der Waals surface area contributed by atoms with Crippen LogP contribution in [-0.2, 0) is 6.18 Å². The molecule has 0 aliphatic heterocycles. The molecule has 3 aromatic rings. The second kappa shape index (κ2) is 5.60. The van der Waals surface area contributed by atoms with Crippen LogP contribution in [0.3, 0.4) is 0 Å². The highest BCUT2D eigenvalue weighted by Crippen LogP contribution is 2.30. The summed E-state index contributed by atoms with van der Waals surface area (Å²) >= 11 is 1.60. The first-order chi connectivity index (χ1) is 10.5. The maximum absolute atomic E-state index is 12.7. The minimum absolute atomic E-state index is 0.237. The molecule has 22 heavy (non-hydrogen) atoms. The molecule has 0 N–H and O–H groups in total. The van der Waals surface area contributed by atoms with E-state index in [1.54, 1.807) is 24.2 Å². The number of pyridine rings is 2. The minimum atomic E-state index is -4.48. The van der Waals surface area contributed by atoms with Crippen molar-refractivity contribution >= 4 is 22.7 Å². The van der Waals surface area contributed by atoms with Gasteiger partial charge in [-0.05, 0) is 24.0 Å². The molecule has 0 bridgehead atoms. The van der Waals surface area contributed by atoms with Crippen LogP contribution in [0.5, 0.6) is 0 Å². The van der Waals surface area contributed by atoms with Crippen molar-refractivity contribution in [1.82, 2.24) is 19.7 Å². The zero-order chi connectivity index (χ0) is 15.7. The number of nitrogens with zero attached hydrogens (tertiary/aromatic N) is 4. The number of hydrogen-bond acceptors (Lipinski definition) is 4. The van der Waals surface area contributed by atoms with E-state index in [0.29, 0.717) is 11.2 Å². The quantitative estimate of drug-likeness (QED) is 0.684. The van der Waals surface area contributed by atoms with Gasteiger partial charge in [-0.1, -0.05) is 6.92 Å². The van der Waals surface area contributed by atoms with Gasteiger partial charge in [-0.15, -0.1) is 11.8 Å². The van der Waals surface area contributed by atoms with E-state index in [-0.39, 0.29) is 5.52 Å². The molecule has 0 radical (unpaired) electrons. The molecule has 0 spiro atoms. The fraction of sp³-hybridized carbons (Fsp3) is 0.214. The van der Waals surface area contributed by atoms with Crippen molar-refractivity contribution in [3.63, 3.8) is 0 Å². The average Bonchev–Trinajstić information content (AvgIpc) is 2.90. The Morgan fingerprint density at radius 3 is 2.82 bits per heavy atom. The third kappa shape index (κ3) is 2.78. The summed E-state index contributed by atoms with van der Waals surface area (Å²) in [5.74, 6) is 1.46. The fourth-order valence-electron chi connectivity index (χ4n) is 2.00. The molecule has 0 fully saturated rings. The minimum Gasteiger partial charge on any atom is -0.251 e. The number of rotatable bonds is 3. The van der Waals surface area contributed by atoms with Crippen LogP contribution in [0.25, 0.3) is 16.7 Å². The number of halogens is 3. The lowest BCUT2D eigenvalue weighted by atomic mass is 10.3. The van der Waals surface area contributed by atoms with E-state index in [2.05, 4.69) is 15.1 Å². The van der Waals surface area contributed by atoms with Gasteiger partial charge in [-0.25, -0.2) is 9.67 Å². The normalized spacial score (nSPS) is 12.0. The van der Waals surface area contributed by atoms with Gasteiger partial charge in [0.05, 0.1) is 10.4 Å². The van der Waals surface area contributed by atoms with E-state index in [0.717, 1.165) is 16.7 Å². The molecule has 3 rings (SSSR count). The summed E-state index contributed by atoms with van der Waals surface area (Å²) in [6, 6.07) is 4.66. The highest BCUT2D eigenvalue weighted by molar-refractivity contribution is 7.99. The fourth-order valence-corrected chi connectivity index (χ4v) is 2.77. The predicted octanol–water partition coefficient (Wildman–Crippen LogP) is 3.95. The van der Waals surface area contributed by atoms with Crippen molar-refractivity contribution in [2.45, 2.75) is 18.0 Å². The zero-order valence-corrected chi connectivity index (χ0v) is 12.3. The number of thioether (sulfide) groups is 1. The monoisotopic (exact) mass is 324 g/mol. The molecular weight excluding hydrogens is 313 g/mol. The summed E-state index contributed by atoms with van der Waals surface area (Å²) in [5, 5.41) is 4.73. The van der Waals surface area contributed by atoms with Crippen molar-refractivity contribution in [1.29, 1.82) is 0 Å². The number of aromatic nitrogens is 4. The Kier molecular flexibility index (Phi) is 3.78. The summed E-state index contributed by atoms with van der Waals surface area (Å²) < 4.78 is 39.6. The van der Waals surface area contributed by atoms with Crippen molar-refractivity contribution in [2.24, 2.45) is 0 Å². The molecule has 4 nitrogen and oxygen atoms in total. The van der Waals surface area contributed by atoms with E-state index in [1.165, 1.54) is 10.9 Å². The Labute approximate surface area is 128 Å². The van der Waals surface area contributed by atoms with Gasteiger partial charge in [0.1, 0.15) is 5.69 Å². The van der Waals surface area contributed by atoms with Gasteiger partial charge >= 0.3 is 6.18 Å². The number of hydrogen-bond donors (Lipinski definition) is 0. The van der Waals surface area contributed by atoms with Crippen molar-refractivity contribution in [3.8, 4) is 5.82 Å². The molecule has 0 saturated carbocycles. The van der Waals surface area contributed by atoms with Crippen LogP contribution in [0.1, 0.15) is 12.6 Å². The first-order valence-electron chi connectivity index (χ1n) is 6.50. The third-order valence-corrected chi connectivity index (χ3v) is 3.87. The van der Waals surface area contributed by atoms with Crippen LogP contribution < -0.4 is 0 Å². The molecular formula is C14H11F3N4S. The van der Waals surface area contributed by atoms with Gasteiger partial charge in [-0.2, -0.15) is 18.3 Å². The average molecular weight is 324 g/mol. The van der Waals surface area contributed by atoms with Crippen LogP contribution in [-0.4, -0.2) is 25.5 Å². The zero-order valence-electron chi connectivity index (χ0n) is 11.5. The number of fused-ring (bicyclic) bond motifs is 1. The first-order valence-corrected chi connectivity index (χ1v) is 7.48. The Balaban J connectivity index is 2.09. The summed E-state index contributed by atoms with van der Waals surface area (Å²) in [6.45, 7) is 2.01. The molecule has 8 heteroatoms. The molecule has 0 amide bonds. The lowest BCUT2D eigenvalue weighted by Gasteiger charge is -2.05. The highest BCUT2D eigenvalue weighted by atomic mass is 32.2. The maximum atomic E-state index is 12.7. The van der Waals surface area contributed by atoms with Crippen LogP contribution in [0, 0.1) is 0 Å². The van der Waals surface area contributed by atoms with Crippen molar-refractivity contribution < 1.29 is 13.2 Å². The first kappa shape index (κ1) is 14.8. The van der Waals surface area contributed by atoms with Gasteiger partial charge in [0.15, 0.2) is 5.82 Å². The Morgan fingerprint density at radius 1 is 1.27 bits per heavy atom. The Bertz CT molecular complexity index is 813. The van der Waals surface area contributed by atoms with Crippen molar-refractivity contribution in [2.75, 3.05) is 5.75 Å². The molecule has 114 valence electrons. The Hall–Kier alpha value is -2.09. The van der Waals surface area contributed by atoms with Crippen LogP contribution in [0.4, 0.5) is 13.2 Å². The lowest BCUT2D eigenvalue weighted by Crippen LogP contribution is -2.07. The van der Waals surface area contributed by atoms with E-state index >= 15 is 0 Å². The standard InChI is InChI=1S/C14H11F3N4S/c1-2-22-11-4-3-5-18-13(11)21-8-9-7-19-12(14(15,16)17)6-10(9)20-21/h3-8H,2H2,1H3. The summed E-state index contributed by atoms with van der Waals surface area (Å²) in [4.78, 5) is 8.63. The SMILES string of the molecule is CCSc1cccnc1-n1cc2cnc(C(F)(F)F)cc2n1. The summed E-state index contributed by atoms with van der Waals surface area (Å²) in [5.41, 5.74) is -0.713. The maximum Gasteiger partial charge on any atom is 0.433 e. The molecule has 3 heterocycles. The van der Waals surface area contributed by atoms with E-state index < -0.39 is 11.9 Å². The topological polar surface area (TPSA) is 43.6 Å². The van der Waals surface area contributed by atoms with E-state index in [9.17, 15) is 13.2 Å². The molecule has 0 saturated heterocycles. The summed E-state index contributed by atoms with van der Waals surface area (Å²) in [7, 11) is 0. The predicted molar refractivity (Wildman–Crippen MR) is 78.1 cm³/mol. The Morgan fingerprint density at radius 2 is 2.09 bits per heavy atom. The number of alkyl halides is 3. The van der Waals surface area contributed by atoms with Crippen LogP contribution in [0.15, 0.2) is 41.7 Å².